The predicted molar refractivity (Wildman–Crippen MR) is 97.3 cm³/mol. The van der Waals surface area contributed by atoms with Crippen molar-refractivity contribution in [2.45, 2.75) is 11.0 Å². The fraction of sp³-hybridized carbons (Fsp3) is 0.235. The molecule has 3 aromatic rings. The minimum atomic E-state index is -3.57. The number of nitrogens with one attached hydrogen (secondary N) is 1. The summed E-state index contributed by atoms with van der Waals surface area (Å²) in [5, 5.41) is 7.99. The number of hydrogen-bond acceptors (Lipinski definition) is 5. The molecule has 0 saturated carbocycles. The standard InChI is InChI=1S/C17H16ClN3O4S/c1-24-16-5-2-12(18)7-17(16)25-13-9-21(10-13)26(22,23)14-3-4-15-11(6-14)8-19-20-15/h2-8,13H,9-10H2,1H3,(H,19,20). The van der Waals surface area contributed by atoms with Gasteiger partial charge in [-0.3, -0.25) is 5.10 Å². The van der Waals surface area contributed by atoms with E-state index in [0.717, 1.165) is 10.9 Å². The average molecular weight is 394 g/mol. The number of sulfonamides is 1. The van der Waals surface area contributed by atoms with Crippen LogP contribution in [0.1, 0.15) is 0 Å². The van der Waals surface area contributed by atoms with Crippen molar-refractivity contribution in [3.8, 4) is 11.5 Å². The van der Waals surface area contributed by atoms with Gasteiger partial charge in [-0.05, 0) is 30.3 Å². The Balaban J connectivity index is 1.48. The number of aromatic nitrogens is 2. The van der Waals surface area contributed by atoms with Gasteiger partial charge in [-0.15, -0.1) is 0 Å². The summed E-state index contributed by atoms with van der Waals surface area (Å²) < 4.78 is 38.0. The van der Waals surface area contributed by atoms with Crippen molar-refractivity contribution in [1.82, 2.24) is 14.5 Å². The predicted octanol–water partition coefficient (Wildman–Crippen LogP) is 2.68. The summed E-state index contributed by atoms with van der Waals surface area (Å²) in [6, 6.07) is 9.97. The fourth-order valence-electron chi connectivity index (χ4n) is 2.82. The molecule has 0 atom stereocenters. The molecule has 0 spiro atoms. The van der Waals surface area contributed by atoms with Crippen LogP contribution in [0.5, 0.6) is 11.5 Å². The number of ether oxygens (including phenoxy) is 2. The van der Waals surface area contributed by atoms with Crippen molar-refractivity contribution in [2.75, 3.05) is 20.2 Å². The van der Waals surface area contributed by atoms with Crippen molar-refractivity contribution < 1.29 is 17.9 Å². The molecule has 136 valence electrons. The van der Waals surface area contributed by atoms with Crippen LogP contribution in [0.25, 0.3) is 10.9 Å². The molecule has 1 aromatic heterocycles. The molecule has 1 fully saturated rings. The number of methoxy groups -OCH3 is 1. The smallest absolute Gasteiger partial charge is 0.243 e. The van der Waals surface area contributed by atoms with Crippen LogP contribution in [-0.4, -0.2) is 49.2 Å². The Hall–Kier alpha value is -2.29. The van der Waals surface area contributed by atoms with E-state index in [1.54, 1.807) is 49.7 Å². The minimum Gasteiger partial charge on any atom is -0.493 e. The first kappa shape index (κ1) is 17.1. The van der Waals surface area contributed by atoms with Crippen molar-refractivity contribution in [2.24, 2.45) is 0 Å². The summed E-state index contributed by atoms with van der Waals surface area (Å²) in [5.74, 6) is 1.06. The molecule has 9 heteroatoms. The van der Waals surface area contributed by atoms with Gasteiger partial charge in [0.05, 0.1) is 36.8 Å². The zero-order valence-corrected chi connectivity index (χ0v) is 15.4. The third-order valence-corrected chi connectivity index (χ3v) is 6.35. The fourth-order valence-corrected chi connectivity index (χ4v) is 4.53. The Morgan fingerprint density at radius 1 is 1.19 bits per heavy atom. The minimum absolute atomic E-state index is 0.241. The Morgan fingerprint density at radius 2 is 2.00 bits per heavy atom. The zero-order valence-electron chi connectivity index (χ0n) is 13.8. The highest BCUT2D eigenvalue weighted by Crippen LogP contribution is 2.33. The summed E-state index contributed by atoms with van der Waals surface area (Å²) >= 11 is 5.99. The lowest BCUT2D eigenvalue weighted by molar-refractivity contribution is 0.0736. The van der Waals surface area contributed by atoms with E-state index in [4.69, 9.17) is 21.1 Å². The van der Waals surface area contributed by atoms with E-state index in [-0.39, 0.29) is 24.1 Å². The quantitative estimate of drug-likeness (QED) is 0.720. The molecule has 0 bridgehead atoms. The number of hydrogen-bond donors (Lipinski definition) is 1. The van der Waals surface area contributed by atoms with Crippen LogP contribution in [0.15, 0.2) is 47.5 Å². The van der Waals surface area contributed by atoms with E-state index >= 15 is 0 Å². The molecule has 7 nitrogen and oxygen atoms in total. The van der Waals surface area contributed by atoms with Crippen LogP contribution >= 0.6 is 11.6 Å². The third-order valence-electron chi connectivity index (χ3n) is 4.28. The number of aromatic amines is 1. The third kappa shape index (κ3) is 3.00. The van der Waals surface area contributed by atoms with Crippen LogP contribution in [-0.2, 0) is 10.0 Å². The summed E-state index contributed by atoms with van der Waals surface area (Å²) in [4.78, 5) is 0.241. The second-order valence-corrected chi connectivity index (χ2v) is 8.35. The number of rotatable bonds is 5. The highest BCUT2D eigenvalue weighted by molar-refractivity contribution is 7.89. The number of H-pyrrole nitrogens is 1. The topological polar surface area (TPSA) is 84.5 Å². The van der Waals surface area contributed by atoms with Gasteiger partial charge in [0.2, 0.25) is 10.0 Å². The van der Waals surface area contributed by atoms with E-state index in [0.29, 0.717) is 16.5 Å². The summed E-state index contributed by atoms with van der Waals surface area (Å²) in [7, 11) is -2.02. The Bertz CT molecular complexity index is 1060. The molecule has 2 heterocycles. The van der Waals surface area contributed by atoms with Gasteiger partial charge in [0.15, 0.2) is 11.5 Å². The molecule has 26 heavy (non-hydrogen) atoms. The van der Waals surface area contributed by atoms with Gasteiger partial charge < -0.3 is 9.47 Å². The van der Waals surface area contributed by atoms with Crippen LogP contribution in [0.3, 0.4) is 0 Å². The first-order chi connectivity index (χ1) is 12.5. The van der Waals surface area contributed by atoms with E-state index in [9.17, 15) is 8.42 Å². The van der Waals surface area contributed by atoms with Gasteiger partial charge >= 0.3 is 0 Å². The Kier molecular flexibility index (Phi) is 4.26. The molecule has 1 aliphatic heterocycles. The maximum Gasteiger partial charge on any atom is 0.243 e. The van der Waals surface area contributed by atoms with E-state index in [1.807, 2.05) is 0 Å². The van der Waals surface area contributed by atoms with Crippen LogP contribution in [0.4, 0.5) is 0 Å². The lowest BCUT2D eigenvalue weighted by Gasteiger charge is -2.38. The van der Waals surface area contributed by atoms with Gasteiger partial charge in [-0.25, -0.2) is 8.42 Å². The van der Waals surface area contributed by atoms with Gasteiger partial charge in [0.1, 0.15) is 6.10 Å². The molecule has 1 N–H and O–H groups in total. The zero-order chi connectivity index (χ0) is 18.3. The molecule has 2 aromatic carbocycles. The van der Waals surface area contributed by atoms with E-state index < -0.39 is 10.0 Å². The summed E-state index contributed by atoms with van der Waals surface area (Å²) in [6.07, 6.45) is 1.34. The summed E-state index contributed by atoms with van der Waals surface area (Å²) in [5.41, 5.74) is 0.793. The van der Waals surface area contributed by atoms with E-state index in [1.165, 1.54) is 4.31 Å². The number of benzene rings is 2. The van der Waals surface area contributed by atoms with Crippen molar-refractivity contribution in [1.29, 1.82) is 0 Å². The molecule has 0 amide bonds. The Morgan fingerprint density at radius 3 is 2.77 bits per heavy atom. The first-order valence-electron chi connectivity index (χ1n) is 7.91. The van der Waals surface area contributed by atoms with Gasteiger partial charge in [0.25, 0.3) is 0 Å². The average Bonchev–Trinajstić information content (AvgIpc) is 3.05. The molecular formula is C17H16ClN3O4S. The highest BCUT2D eigenvalue weighted by Gasteiger charge is 2.38. The Labute approximate surface area is 155 Å². The maximum atomic E-state index is 12.7. The second-order valence-electron chi connectivity index (χ2n) is 5.98. The second kappa shape index (κ2) is 6.46. The van der Waals surface area contributed by atoms with Crippen molar-refractivity contribution >= 4 is 32.5 Å². The monoisotopic (exact) mass is 393 g/mol. The molecule has 0 unspecified atom stereocenters. The van der Waals surface area contributed by atoms with Gasteiger partial charge in [0, 0.05) is 16.5 Å². The van der Waals surface area contributed by atoms with Gasteiger partial charge in [-0.1, -0.05) is 11.6 Å². The van der Waals surface area contributed by atoms with E-state index in [2.05, 4.69) is 10.2 Å². The van der Waals surface area contributed by atoms with Crippen LogP contribution < -0.4 is 9.47 Å². The SMILES string of the molecule is COc1ccc(Cl)cc1OC1CN(S(=O)(=O)c2ccc3[nH]ncc3c2)C1. The lowest BCUT2D eigenvalue weighted by Crippen LogP contribution is -2.55. The molecule has 1 saturated heterocycles. The maximum absolute atomic E-state index is 12.7. The largest absolute Gasteiger partial charge is 0.493 e. The lowest BCUT2D eigenvalue weighted by atomic mass is 10.2. The van der Waals surface area contributed by atoms with Crippen molar-refractivity contribution in [3.05, 3.63) is 47.6 Å². The summed E-state index contributed by atoms with van der Waals surface area (Å²) in [6.45, 7) is 0.531. The van der Waals surface area contributed by atoms with Crippen LogP contribution in [0, 0.1) is 0 Å². The number of nitrogens with zero attached hydrogens (tertiary/aromatic N) is 2. The molecule has 0 aliphatic carbocycles. The first-order valence-corrected chi connectivity index (χ1v) is 9.72. The molecular weight excluding hydrogens is 378 g/mol. The van der Waals surface area contributed by atoms with Crippen molar-refractivity contribution in [3.63, 3.8) is 0 Å². The normalized spacial score (nSPS) is 15.8. The number of fused-ring (bicyclic) bond motifs is 1. The molecule has 1 aliphatic rings. The van der Waals surface area contributed by atoms with Gasteiger partial charge in [-0.2, -0.15) is 9.40 Å². The van der Waals surface area contributed by atoms with Crippen LogP contribution in [0.2, 0.25) is 5.02 Å². The number of halogens is 1. The molecule has 4 rings (SSSR count). The highest BCUT2D eigenvalue weighted by atomic mass is 35.5. The molecule has 0 radical (unpaired) electrons.